The number of ether oxygens (including phenoxy) is 1. The van der Waals surface area contributed by atoms with Crippen LogP contribution in [0.3, 0.4) is 0 Å². The van der Waals surface area contributed by atoms with Gasteiger partial charge < -0.3 is 15.0 Å². The van der Waals surface area contributed by atoms with Crippen molar-refractivity contribution in [2.45, 2.75) is 58.1 Å². The van der Waals surface area contributed by atoms with Crippen LogP contribution in [-0.4, -0.2) is 52.1 Å². The van der Waals surface area contributed by atoms with Gasteiger partial charge in [-0.2, -0.15) is 5.10 Å². The van der Waals surface area contributed by atoms with Gasteiger partial charge in [-0.05, 0) is 58.6 Å². The summed E-state index contributed by atoms with van der Waals surface area (Å²) < 4.78 is 7.30. The van der Waals surface area contributed by atoms with Gasteiger partial charge in [0, 0.05) is 32.4 Å². The fourth-order valence-electron chi connectivity index (χ4n) is 2.83. The van der Waals surface area contributed by atoms with E-state index >= 15 is 0 Å². The number of hydrogen-bond donors (Lipinski definition) is 1. The minimum Gasteiger partial charge on any atom is -0.444 e. The molecule has 23 heavy (non-hydrogen) atoms. The number of amides is 1. The zero-order valence-electron chi connectivity index (χ0n) is 14.8. The van der Waals surface area contributed by atoms with Gasteiger partial charge in [0.25, 0.3) is 0 Å². The highest BCUT2D eigenvalue weighted by molar-refractivity contribution is 5.68. The van der Waals surface area contributed by atoms with Crippen LogP contribution in [0.2, 0.25) is 0 Å². The minimum atomic E-state index is -0.426. The number of likely N-dealkylation sites (tertiary alicyclic amines) is 1. The average Bonchev–Trinajstić information content (AvgIpc) is 2.71. The van der Waals surface area contributed by atoms with E-state index in [0.29, 0.717) is 6.04 Å². The van der Waals surface area contributed by atoms with Gasteiger partial charge in [0.15, 0.2) is 0 Å². The number of aromatic nitrogens is 2. The standard InChI is InChI=1S/C17H30N4O2/c1-17(2,3)23-16(22)21-10-5-6-15(8-11-21)18-9-7-14-12-19-20(4)13-14/h12-13,15,18H,5-11H2,1-4H3/t15-/m1/s1. The predicted octanol–water partition coefficient (Wildman–Crippen LogP) is 2.34. The van der Waals surface area contributed by atoms with Crippen LogP contribution in [-0.2, 0) is 18.2 Å². The number of hydrogen-bond acceptors (Lipinski definition) is 4. The Balaban J connectivity index is 1.72. The van der Waals surface area contributed by atoms with E-state index < -0.39 is 5.60 Å². The van der Waals surface area contributed by atoms with E-state index in [2.05, 4.69) is 16.6 Å². The lowest BCUT2D eigenvalue weighted by Gasteiger charge is -2.26. The number of rotatable bonds is 4. The topological polar surface area (TPSA) is 59.4 Å². The molecular weight excluding hydrogens is 292 g/mol. The summed E-state index contributed by atoms with van der Waals surface area (Å²) in [4.78, 5) is 14.0. The molecule has 2 heterocycles. The lowest BCUT2D eigenvalue weighted by molar-refractivity contribution is 0.0256. The van der Waals surface area contributed by atoms with Crippen LogP contribution in [0.25, 0.3) is 0 Å². The lowest BCUT2D eigenvalue weighted by Crippen LogP contribution is -2.38. The van der Waals surface area contributed by atoms with Gasteiger partial charge in [-0.1, -0.05) is 0 Å². The summed E-state index contributed by atoms with van der Waals surface area (Å²) in [6.45, 7) is 8.22. The van der Waals surface area contributed by atoms with E-state index in [0.717, 1.165) is 45.3 Å². The zero-order chi connectivity index (χ0) is 16.9. The van der Waals surface area contributed by atoms with Gasteiger partial charge in [0.1, 0.15) is 5.60 Å². The van der Waals surface area contributed by atoms with E-state index in [1.165, 1.54) is 5.56 Å². The number of carbonyl (C=O) groups excluding carboxylic acids is 1. The molecule has 2 rings (SSSR count). The Hall–Kier alpha value is -1.56. The molecule has 1 aromatic rings. The summed E-state index contributed by atoms with van der Waals surface area (Å²) in [5, 5.41) is 7.80. The molecule has 1 aromatic heterocycles. The molecule has 0 aliphatic carbocycles. The molecule has 0 bridgehead atoms. The largest absolute Gasteiger partial charge is 0.444 e. The third kappa shape index (κ3) is 6.22. The van der Waals surface area contributed by atoms with E-state index in [4.69, 9.17) is 4.74 Å². The minimum absolute atomic E-state index is 0.187. The third-order valence-electron chi connectivity index (χ3n) is 3.98. The van der Waals surface area contributed by atoms with Crippen molar-refractivity contribution in [1.82, 2.24) is 20.0 Å². The van der Waals surface area contributed by atoms with Crippen LogP contribution < -0.4 is 5.32 Å². The Morgan fingerprint density at radius 1 is 1.39 bits per heavy atom. The van der Waals surface area contributed by atoms with E-state index in [-0.39, 0.29) is 6.09 Å². The molecule has 6 nitrogen and oxygen atoms in total. The Bertz CT molecular complexity index is 507. The third-order valence-corrected chi connectivity index (χ3v) is 3.98. The first kappa shape index (κ1) is 17.8. The highest BCUT2D eigenvalue weighted by Gasteiger charge is 2.24. The fourth-order valence-corrected chi connectivity index (χ4v) is 2.83. The molecule has 1 fully saturated rings. The number of nitrogens with one attached hydrogen (secondary N) is 1. The number of carbonyl (C=O) groups is 1. The molecule has 0 saturated carbocycles. The van der Waals surface area contributed by atoms with Crippen LogP contribution >= 0.6 is 0 Å². The van der Waals surface area contributed by atoms with E-state index in [1.54, 1.807) is 0 Å². The van der Waals surface area contributed by atoms with Crippen LogP contribution in [0.5, 0.6) is 0 Å². The van der Waals surface area contributed by atoms with E-state index in [9.17, 15) is 4.79 Å². The molecular formula is C17H30N4O2. The van der Waals surface area contributed by atoms with Crippen LogP contribution in [0.1, 0.15) is 45.6 Å². The van der Waals surface area contributed by atoms with Crippen molar-refractivity contribution < 1.29 is 9.53 Å². The van der Waals surface area contributed by atoms with E-state index in [1.807, 2.05) is 43.6 Å². The smallest absolute Gasteiger partial charge is 0.410 e. The molecule has 0 spiro atoms. The van der Waals surface area contributed by atoms with Crippen molar-refractivity contribution >= 4 is 6.09 Å². The van der Waals surface area contributed by atoms with Gasteiger partial charge in [-0.15, -0.1) is 0 Å². The number of nitrogens with zero attached hydrogens (tertiary/aromatic N) is 3. The molecule has 1 saturated heterocycles. The van der Waals surface area contributed by atoms with Crippen molar-refractivity contribution in [2.24, 2.45) is 7.05 Å². The normalized spacial score (nSPS) is 19.5. The highest BCUT2D eigenvalue weighted by atomic mass is 16.6. The monoisotopic (exact) mass is 322 g/mol. The maximum atomic E-state index is 12.1. The van der Waals surface area contributed by atoms with Crippen molar-refractivity contribution in [3.8, 4) is 0 Å². The molecule has 0 aromatic carbocycles. The molecule has 1 aliphatic heterocycles. The average molecular weight is 322 g/mol. The number of aryl methyl sites for hydroxylation is 1. The molecule has 0 radical (unpaired) electrons. The summed E-state index contributed by atoms with van der Waals surface area (Å²) in [7, 11) is 1.94. The Labute approximate surface area is 139 Å². The van der Waals surface area contributed by atoms with Crippen molar-refractivity contribution in [3.05, 3.63) is 18.0 Å². The lowest BCUT2D eigenvalue weighted by atomic mass is 10.1. The van der Waals surface area contributed by atoms with Crippen molar-refractivity contribution in [2.75, 3.05) is 19.6 Å². The summed E-state index contributed by atoms with van der Waals surface area (Å²) in [6.07, 6.45) is 7.87. The van der Waals surface area contributed by atoms with Gasteiger partial charge in [0.05, 0.1) is 6.20 Å². The Morgan fingerprint density at radius 2 is 2.17 bits per heavy atom. The highest BCUT2D eigenvalue weighted by Crippen LogP contribution is 2.15. The molecule has 1 aliphatic rings. The second-order valence-electron chi connectivity index (χ2n) is 7.32. The Kier molecular flexibility index (Phi) is 6.04. The quantitative estimate of drug-likeness (QED) is 0.924. The van der Waals surface area contributed by atoms with Gasteiger partial charge in [-0.25, -0.2) is 4.79 Å². The molecule has 1 amide bonds. The molecule has 130 valence electrons. The van der Waals surface area contributed by atoms with Gasteiger partial charge in [-0.3, -0.25) is 4.68 Å². The first-order valence-corrected chi connectivity index (χ1v) is 8.52. The molecule has 0 unspecified atom stereocenters. The summed E-state index contributed by atoms with van der Waals surface area (Å²) in [5.41, 5.74) is 0.828. The predicted molar refractivity (Wildman–Crippen MR) is 90.4 cm³/mol. The fraction of sp³-hybridized carbons (Fsp3) is 0.765. The second-order valence-corrected chi connectivity index (χ2v) is 7.32. The maximum Gasteiger partial charge on any atom is 0.410 e. The molecule has 6 heteroatoms. The van der Waals surface area contributed by atoms with Crippen LogP contribution in [0, 0.1) is 0 Å². The van der Waals surface area contributed by atoms with Crippen molar-refractivity contribution in [3.63, 3.8) is 0 Å². The Morgan fingerprint density at radius 3 is 2.83 bits per heavy atom. The van der Waals surface area contributed by atoms with Crippen LogP contribution in [0.4, 0.5) is 4.79 Å². The SMILES string of the molecule is Cn1cc(CCN[C@@H]2CCCN(C(=O)OC(C)(C)C)CC2)cn1. The molecule has 1 atom stereocenters. The first-order valence-electron chi connectivity index (χ1n) is 8.52. The van der Waals surface area contributed by atoms with Gasteiger partial charge in [0.2, 0.25) is 0 Å². The van der Waals surface area contributed by atoms with Crippen molar-refractivity contribution in [1.29, 1.82) is 0 Å². The summed E-state index contributed by atoms with van der Waals surface area (Å²) in [5.74, 6) is 0. The maximum absolute atomic E-state index is 12.1. The van der Waals surface area contributed by atoms with Crippen LogP contribution in [0.15, 0.2) is 12.4 Å². The summed E-state index contributed by atoms with van der Waals surface area (Å²) in [6, 6.07) is 0.471. The zero-order valence-corrected chi connectivity index (χ0v) is 14.8. The van der Waals surface area contributed by atoms with Gasteiger partial charge >= 0.3 is 6.09 Å². The molecule has 1 N–H and O–H groups in total. The second kappa shape index (κ2) is 7.81. The first-order chi connectivity index (χ1) is 10.8. The summed E-state index contributed by atoms with van der Waals surface area (Å²) >= 11 is 0.